The lowest BCUT2D eigenvalue weighted by atomic mass is 10.2. The van der Waals surface area contributed by atoms with Gasteiger partial charge in [-0.1, -0.05) is 12.1 Å². The van der Waals surface area contributed by atoms with Gasteiger partial charge in [-0.05, 0) is 31.5 Å². The highest BCUT2D eigenvalue weighted by Crippen LogP contribution is 2.18. The molecular weight excluding hydrogens is 248 g/mol. The molecule has 1 aromatic rings. The SMILES string of the molecule is Cc1cccc(N2CCN(C(=O)C(C)Cl)CC2)c1. The molecule has 0 N–H and O–H groups in total. The maximum absolute atomic E-state index is 11.8. The predicted molar refractivity (Wildman–Crippen MR) is 75.3 cm³/mol. The number of aryl methyl sites for hydroxylation is 1. The smallest absolute Gasteiger partial charge is 0.240 e. The largest absolute Gasteiger partial charge is 0.368 e. The van der Waals surface area contributed by atoms with Gasteiger partial charge in [-0.25, -0.2) is 0 Å². The molecule has 1 aromatic carbocycles. The molecule has 0 bridgehead atoms. The lowest BCUT2D eigenvalue weighted by Crippen LogP contribution is -2.50. The first-order valence-corrected chi connectivity index (χ1v) is 6.76. The maximum atomic E-state index is 11.8. The maximum Gasteiger partial charge on any atom is 0.240 e. The van der Waals surface area contributed by atoms with Gasteiger partial charge >= 0.3 is 0 Å². The molecule has 0 saturated carbocycles. The normalized spacial score (nSPS) is 17.7. The van der Waals surface area contributed by atoms with Crippen LogP contribution in [0.15, 0.2) is 24.3 Å². The summed E-state index contributed by atoms with van der Waals surface area (Å²) in [6.07, 6.45) is 0. The van der Waals surface area contributed by atoms with Crippen LogP contribution >= 0.6 is 11.6 Å². The van der Waals surface area contributed by atoms with Gasteiger partial charge in [0.1, 0.15) is 5.38 Å². The van der Waals surface area contributed by atoms with Crippen molar-refractivity contribution in [3.8, 4) is 0 Å². The van der Waals surface area contributed by atoms with Crippen molar-refractivity contribution in [1.82, 2.24) is 4.90 Å². The molecule has 1 aliphatic rings. The van der Waals surface area contributed by atoms with Gasteiger partial charge in [0.05, 0.1) is 0 Å². The zero-order valence-electron chi connectivity index (χ0n) is 10.9. The van der Waals surface area contributed by atoms with E-state index in [1.165, 1.54) is 11.3 Å². The predicted octanol–water partition coefficient (Wildman–Crippen LogP) is 2.27. The van der Waals surface area contributed by atoms with Crippen LogP contribution in [0, 0.1) is 6.92 Å². The van der Waals surface area contributed by atoms with Gasteiger partial charge in [-0.15, -0.1) is 11.6 Å². The minimum atomic E-state index is -0.421. The van der Waals surface area contributed by atoms with Gasteiger partial charge in [-0.2, -0.15) is 0 Å². The van der Waals surface area contributed by atoms with Gasteiger partial charge in [0.25, 0.3) is 0 Å². The summed E-state index contributed by atoms with van der Waals surface area (Å²) in [5.41, 5.74) is 2.50. The molecule has 0 spiro atoms. The first kappa shape index (κ1) is 13.2. The number of nitrogens with zero attached hydrogens (tertiary/aromatic N) is 2. The fourth-order valence-corrected chi connectivity index (χ4v) is 2.40. The van der Waals surface area contributed by atoms with E-state index in [0.717, 1.165) is 26.2 Å². The zero-order chi connectivity index (χ0) is 13.1. The number of rotatable bonds is 2. The van der Waals surface area contributed by atoms with E-state index in [9.17, 15) is 4.79 Å². The van der Waals surface area contributed by atoms with E-state index < -0.39 is 5.38 Å². The molecule has 1 amide bonds. The number of hydrogen-bond acceptors (Lipinski definition) is 2. The quantitative estimate of drug-likeness (QED) is 0.767. The molecule has 1 saturated heterocycles. The second kappa shape index (κ2) is 5.61. The van der Waals surface area contributed by atoms with Crippen molar-refractivity contribution in [2.45, 2.75) is 19.2 Å². The van der Waals surface area contributed by atoms with Gasteiger partial charge in [0, 0.05) is 31.9 Å². The highest BCUT2D eigenvalue weighted by Gasteiger charge is 2.23. The summed E-state index contributed by atoms with van der Waals surface area (Å²) in [7, 11) is 0. The molecule has 1 atom stereocenters. The molecule has 1 fully saturated rings. The van der Waals surface area contributed by atoms with Crippen LogP contribution in [-0.2, 0) is 4.79 Å². The number of hydrogen-bond donors (Lipinski definition) is 0. The van der Waals surface area contributed by atoms with E-state index in [2.05, 4.69) is 36.1 Å². The summed E-state index contributed by atoms with van der Waals surface area (Å²) in [5.74, 6) is 0.0422. The topological polar surface area (TPSA) is 23.6 Å². The van der Waals surface area contributed by atoms with Crippen molar-refractivity contribution < 1.29 is 4.79 Å². The first-order chi connectivity index (χ1) is 8.58. The molecule has 1 aliphatic heterocycles. The molecule has 2 rings (SSSR count). The third-order valence-electron chi connectivity index (χ3n) is 3.30. The molecule has 4 heteroatoms. The summed E-state index contributed by atoms with van der Waals surface area (Å²) < 4.78 is 0. The van der Waals surface area contributed by atoms with E-state index in [-0.39, 0.29) is 5.91 Å². The average Bonchev–Trinajstić information content (AvgIpc) is 2.38. The Bertz CT molecular complexity index is 426. The number of anilines is 1. The minimum absolute atomic E-state index is 0.0422. The summed E-state index contributed by atoms with van der Waals surface area (Å²) in [5, 5.41) is -0.421. The molecule has 1 unspecified atom stereocenters. The van der Waals surface area contributed by atoms with Gasteiger partial charge in [-0.3, -0.25) is 4.79 Å². The Kier molecular flexibility index (Phi) is 4.12. The minimum Gasteiger partial charge on any atom is -0.368 e. The Labute approximate surface area is 113 Å². The fourth-order valence-electron chi connectivity index (χ4n) is 2.26. The van der Waals surface area contributed by atoms with Gasteiger partial charge < -0.3 is 9.80 Å². The lowest BCUT2D eigenvalue weighted by molar-refractivity contribution is -0.130. The Morgan fingerprint density at radius 1 is 1.28 bits per heavy atom. The van der Waals surface area contributed by atoms with E-state index in [0.29, 0.717) is 0 Å². The third-order valence-corrected chi connectivity index (χ3v) is 3.49. The second-order valence-electron chi connectivity index (χ2n) is 4.77. The molecule has 0 aliphatic carbocycles. The number of amides is 1. The van der Waals surface area contributed by atoms with E-state index in [4.69, 9.17) is 11.6 Å². The molecule has 0 radical (unpaired) electrons. The molecule has 18 heavy (non-hydrogen) atoms. The Balaban J connectivity index is 1.96. The third kappa shape index (κ3) is 2.96. The molecule has 98 valence electrons. The highest BCUT2D eigenvalue weighted by molar-refractivity contribution is 6.30. The molecule has 0 aromatic heterocycles. The van der Waals surface area contributed by atoms with Crippen LogP contribution in [0.3, 0.4) is 0 Å². The van der Waals surface area contributed by atoms with Crippen LogP contribution in [-0.4, -0.2) is 42.4 Å². The van der Waals surface area contributed by atoms with Crippen molar-refractivity contribution in [1.29, 1.82) is 0 Å². The molecular formula is C14H19ClN2O. The van der Waals surface area contributed by atoms with Crippen molar-refractivity contribution in [2.75, 3.05) is 31.1 Å². The van der Waals surface area contributed by atoms with Crippen LogP contribution in [0.25, 0.3) is 0 Å². The summed E-state index contributed by atoms with van der Waals surface area (Å²) in [6, 6.07) is 8.47. The molecule has 1 heterocycles. The van der Waals surface area contributed by atoms with Gasteiger partial charge in [0.15, 0.2) is 0 Å². The number of alkyl halides is 1. The standard InChI is InChI=1S/C14H19ClN2O/c1-11-4-3-5-13(10-11)16-6-8-17(9-7-16)14(18)12(2)15/h3-5,10,12H,6-9H2,1-2H3. The summed E-state index contributed by atoms with van der Waals surface area (Å²) in [6.45, 7) is 7.08. The number of carbonyl (C=O) groups is 1. The fraction of sp³-hybridized carbons (Fsp3) is 0.500. The number of carbonyl (C=O) groups excluding carboxylic acids is 1. The monoisotopic (exact) mass is 266 g/mol. The van der Waals surface area contributed by atoms with E-state index in [1.807, 2.05) is 4.90 Å². The van der Waals surface area contributed by atoms with Crippen LogP contribution < -0.4 is 4.90 Å². The summed E-state index contributed by atoms with van der Waals surface area (Å²) >= 11 is 5.83. The van der Waals surface area contributed by atoms with E-state index >= 15 is 0 Å². The van der Waals surface area contributed by atoms with Crippen molar-refractivity contribution in [3.63, 3.8) is 0 Å². The number of benzene rings is 1. The second-order valence-corrected chi connectivity index (χ2v) is 5.42. The Morgan fingerprint density at radius 3 is 2.50 bits per heavy atom. The number of halogens is 1. The molecule has 3 nitrogen and oxygen atoms in total. The van der Waals surface area contributed by atoms with E-state index in [1.54, 1.807) is 6.92 Å². The zero-order valence-corrected chi connectivity index (χ0v) is 11.7. The van der Waals surface area contributed by atoms with Gasteiger partial charge in [0.2, 0.25) is 5.91 Å². The summed E-state index contributed by atoms with van der Waals surface area (Å²) in [4.78, 5) is 15.9. The van der Waals surface area contributed by atoms with Crippen LogP contribution in [0.5, 0.6) is 0 Å². The number of piperazine rings is 1. The lowest BCUT2D eigenvalue weighted by Gasteiger charge is -2.36. The first-order valence-electron chi connectivity index (χ1n) is 6.32. The average molecular weight is 267 g/mol. The van der Waals surface area contributed by atoms with Crippen LogP contribution in [0.4, 0.5) is 5.69 Å². The van der Waals surface area contributed by atoms with Crippen molar-refractivity contribution >= 4 is 23.2 Å². The van der Waals surface area contributed by atoms with Crippen LogP contribution in [0.1, 0.15) is 12.5 Å². The Hall–Kier alpha value is -1.22. The van der Waals surface area contributed by atoms with Crippen LogP contribution in [0.2, 0.25) is 0 Å². The van der Waals surface area contributed by atoms with Crippen molar-refractivity contribution in [3.05, 3.63) is 29.8 Å². The van der Waals surface area contributed by atoms with Crippen molar-refractivity contribution in [2.24, 2.45) is 0 Å². The highest BCUT2D eigenvalue weighted by atomic mass is 35.5. The Morgan fingerprint density at radius 2 is 1.94 bits per heavy atom.